The lowest BCUT2D eigenvalue weighted by atomic mass is 10.2. The first kappa shape index (κ1) is 23.7. The van der Waals surface area contributed by atoms with Crippen LogP contribution in [-0.2, 0) is 12.7 Å². The first-order valence-corrected chi connectivity index (χ1v) is 8.90. The maximum Gasteiger partial charge on any atom is 0.433 e. The Morgan fingerprint density at radius 2 is 1.97 bits per heavy atom. The fourth-order valence-electron chi connectivity index (χ4n) is 2.76. The number of nitrogens with zero attached hydrogens (tertiary/aromatic N) is 4. The van der Waals surface area contributed by atoms with E-state index in [0.717, 1.165) is 29.0 Å². The zero-order valence-corrected chi connectivity index (χ0v) is 18.7. The van der Waals surface area contributed by atoms with Crippen molar-refractivity contribution in [2.75, 3.05) is 32.5 Å². The Bertz CT molecular complexity index is 959. The summed E-state index contributed by atoms with van der Waals surface area (Å²) in [6, 6.07) is 10.6. The van der Waals surface area contributed by atoms with Crippen LogP contribution in [-0.4, -0.2) is 48.0 Å². The molecule has 0 aliphatic rings. The Balaban J connectivity index is 0.00000320. The third-order valence-corrected chi connectivity index (χ3v) is 4.08. The van der Waals surface area contributed by atoms with Crippen molar-refractivity contribution in [1.82, 2.24) is 20.2 Å². The number of guanidine groups is 1. The number of anilines is 1. The Hall–Kier alpha value is -2.57. The largest absolute Gasteiger partial charge is 0.459 e. The van der Waals surface area contributed by atoms with Crippen LogP contribution in [0.15, 0.2) is 52.0 Å². The second-order valence-electron chi connectivity index (χ2n) is 6.27. The molecule has 0 fully saturated rings. The molecule has 0 atom stereocenters. The van der Waals surface area contributed by atoms with Crippen molar-refractivity contribution in [1.29, 1.82) is 0 Å². The molecule has 3 aromatic rings. The number of alkyl halides is 3. The predicted octanol–water partition coefficient (Wildman–Crippen LogP) is 3.98. The van der Waals surface area contributed by atoms with Gasteiger partial charge in [-0.3, -0.25) is 4.99 Å². The standard InChI is InChI=1S/C19H21F3N6O.HI/c1-23-18(28(2)12-14-11-13-5-3-4-6-15(13)29-14)26-10-9-25-17-24-8-7-16(27-17)19(20,21)22;/h3-8,11H,9-10,12H2,1-2H3,(H,23,26)(H,24,25,27);1H. The van der Waals surface area contributed by atoms with Gasteiger partial charge in [0, 0.05) is 38.8 Å². The van der Waals surface area contributed by atoms with Crippen LogP contribution in [0.5, 0.6) is 0 Å². The van der Waals surface area contributed by atoms with Crippen LogP contribution in [0.3, 0.4) is 0 Å². The van der Waals surface area contributed by atoms with E-state index in [1.54, 1.807) is 7.05 Å². The molecule has 0 amide bonds. The summed E-state index contributed by atoms with van der Waals surface area (Å²) >= 11 is 0. The number of hydrogen-bond acceptors (Lipinski definition) is 5. The monoisotopic (exact) mass is 534 g/mol. The second kappa shape index (κ2) is 10.5. The molecule has 0 saturated heterocycles. The lowest BCUT2D eigenvalue weighted by Crippen LogP contribution is -2.40. The average Bonchev–Trinajstić information content (AvgIpc) is 3.09. The highest BCUT2D eigenvalue weighted by Crippen LogP contribution is 2.27. The molecular formula is C19H22F3IN6O. The SMILES string of the molecule is CN=C(NCCNc1nccc(C(F)(F)F)n1)N(C)Cc1cc2ccccc2o1.I. The molecule has 2 aromatic heterocycles. The Morgan fingerprint density at radius 3 is 2.67 bits per heavy atom. The van der Waals surface area contributed by atoms with Crippen LogP contribution in [0.4, 0.5) is 19.1 Å². The molecule has 162 valence electrons. The first-order chi connectivity index (χ1) is 13.9. The molecule has 3 rings (SSSR count). The normalized spacial score (nSPS) is 11.8. The van der Waals surface area contributed by atoms with Crippen molar-refractivity contribution < 1.29 is 17.6 Å². The van der Waals surface area contributed by atoms with Crippen molar-refractivity contribution in [3.05, 3.63) is 54.0 Å². The number of nitrogens with one attached hydrogen (secondary N) is 2. The quantitative estimate of drug-likeness (QED) is 0.216. The summed E-state index contributed by atoms with van der Waals surface area (Å²) in [6.07, 6.45) is -3.43. The number of aromatic nitrogens is 2. The number of aliphatic imine (C=N–C) groups is 1. The van der Waals surface area contributed by atoms with E-state index in [1.165, 1.54) is 0 Å². The molecule has 0 aliphatic heterocycles. The lowest BCUT2D eigenvalue weighted by Gasteiger charge is -2.21. The summed E-state index contributed by atoms with van der Waals surface area (Å²) in [4.78, 5) is 13.4. The number of para-hydroxylation sites is 1. The molecule has 30 heavy (non-hydrogen) atoms. The molecule has 0 radical (unpaired) electrons. The van der Waals surface area contributed by atoms with Crippen LogP contribution >= 0.6 is 24.0 Å². The molecule has 0 spiro atoms. The van der Waals surface area contributed by atoms with Gasteiger partial charge in [0.25, 0.3) is 0 Å². The van der Waals surface area contributed by atoms with Gasteiger partial charge in [-0.2, -0.15) is 13.2 Å². The topological polar surface area (TPSA) is 78.6 Å². The van der Waals surface area contributed by atoms with Gasteiger partial charge in [0.15, 0.2) is 5.96 Å². The van der Waals surface area contributed by atoms with Gasteiger partial charge in [-0.05, 0) is 18.2 Å². The summed E-state index contributed by atoms with van der Waals surface area (Å²) in [5.74, 6) is 1.34. The van der Waals surface area contributed by atoms with Gasteiger partial charge in [0.1, 0.15) is 17.0 Å². The van der Waals surface area contributed by atoms with E-state index in [9.17, 15) is 13.2 Å². The second-order valence-corrected chi connectivity index (χ2v) is 6.27. The van der Waals surface area contributed by atoms with E-state index in [1.807, 2.05) is 42.3 Å². The number of halogens is 4. The summed E-state index contributed by atoms with van der Waals surface area (Å²) in [7, 11) is 3.52. The molecule has 2 N–H and O–H groups in total. The summed E-state index contributed by atoms with van der Waals surface area (Å²) < 4.78 is 43.9. The molecule has 0 aliphatic carbocycles. The third-order valence-electron chi connectivity index (χ3n) is 4.08. The minimum atomic E-state index is -4.50. The first-order valence-electron chi connectivity index (χ1n) is 8.90. The zero-order chi connectivity index (χ0) is 20.9. The van der Waals surface area contributed by atoms with Crippen LogP contribution in [0.2, 0.25) is 0 Å². The van der Waals surface area contributed by atoms with Gasteiger partial charge in [-0.25, -0.2) is 9.97 Å². The molecule has 1 aromatic carbocycles. The van der Waals surface area contributed by atoms with Crippen molar-refractivity contribution in [2.45, 2.75) is 12.7 Å². The highest BCUT2D eigenvalue weighted by molar-refractivity contribution is 14.0. The Labute approximate surface area is 188 Å². The van der Waals surface area contributed by atoms with E-state index >= 15 is 0 Å². The zero-order valence-electron chi connectivity index (χ0n) is 16.4. The number of hydrogen-bond donors (Lipinski definition) is 2. The minimum absolute atomic E-state index is 0. The molecule has 0 unspecified atom stereocenters. The van der Waals surface area contributed by atoms with Gasteiger partial charge in [0.2, 0.25) is 5.95 Å². The van der Waals surface area contributed by atoms with Gasteiger partial charge in [-0.15, -0.1) is 24.0 Å². The highest BCUT2D eigenvalue weighted by Gasteiger charge is 2.32. The molecule has 7 nitrogen and oxygen atoms in total. The van der Waals surface area contributed by atoms with Gasteiger partial charge in [0.05, 0.1) is 6.54 Å². The van der Waals surface area contributed by atoms with Crippen LogP contribution in [0.25, 0.3) is 11.0 Å². The number of rotatable bonds is 6. The van der Waals surface area contributed by atoms with Gasteiger partial charge >= 0.3 is 6.18 Å². The van der Waals surface area contributed by atoms with Gasteiger partial charge in [-0.1, -0.05) is 18.2 Å². The molecule has 11 heteroatoms. The molecular weight excluding hydrogens is 512 g/mol. The lowest BCUT2D eigenvalue weighted by molar-refractivity contribution is -0.141. The average molecular weight is 534 g/mol. The summed E-state index contributed by atoms with van der Waals surface area (Å²) in [6.45, 7) is 1.24. The number of benzene rings is 1. The van der Waals surface area contributed by atoms with Crippen molar-refractivity contribution >= 4 is 46.9 Å². The molecule has 0 saturated carbocycles. The Morgan fingerprint density at radius 1 is 1.20 bits per heavy atom. The summed E-state index contributed by atoms with van der Waals surface area (Å²) in [5.41, 5.74) is -0.159. The van der Waals surface area contributed by atoms with Crippen molar-refractivity contribution in [2.24, 2.45) is 4.99 Å². The van der Waals surface area contributed by atoms with E-state index in [2.05, 4.69) is 25.6 Å². The van der Waals surface area contributed by atoms with E-state index in [-0.39, 0.29) is 29.9 Å². The molecule has 0 bridgehead atoms. The van der Waals surface area contributed by atoms with E-state index in [0.29, 0.717) is 25.6 Å². The van der Waals surface area contributed by atoms with Crippen LogP contribution in [0, 0.1) is 0 Å². The van der Waals surface area contributed by atoms with E-state index < -0.39 is 11.9 Å². The third kappa shape index (κ3) is 6.21. The number of furan rings is 1. The van der Waals surface area contributed by atoms with Crippen LogP contribution in [0.1, 0.15) is 11.5 Å². The van der Waals surface area contributed by atoms with E-state index in [4.69, 9.17) is 4.42 Å². The van der Waals surface area contributed by atoms with Crippen LogP contribution < -0.4 is 10.6 Å². The van der Waals surface area contributed by atoms with Gasteiger partial charge < -0.3 is 20.0 Å². The molecule has 2 heterocycles. The maximum atomic E-state index is 12.7. The Kier molecular flexibility index (Phi) is 8.26. The smallest absolute Gasteiger partial charge is 0.433 e. The predicted molar refractivity (Wildman–Crippen MR) is 120 cm³/mol. The minimum Gasteiger partial charge on any atom is -0.459 e. The highest BCUT2D eigenvalue weighted by atomic mass is 127. The van der Waals surface area contributed by atoms with Crippen molar-refractivity contribution in [3.63, 3.8) is 0 Å². The van der Waals surface area contributed by atoms with Crippen molar-refractivity contribution in [3.8, 4) is 0 Å². The maximum absolute atomic E-state index is 12.7. The fraction of sp³-hybridized carbons (Fsp3) is 0.316. The fourth-order valence-corrected chi connectivity index (χ4v) is 2.76. The number of fused-ring (bicyclic) bond motifs is 1. The summed E-state index contributed by atoms with van der Waals surface area (Å²) in [5, 5.41) is 6.93.